The van der Waals surface area contributed by atoms with Gasteiger partial charge in [-0.15, -0.1) is 0 Å². The number of nitrogens with one attached hydrogen (secondary N) is 1. The Morgan fingerprint density at radius 1 is 1.13 bits per heavy atom. The standard InChI is InChI=1S/C21H18F3N3O3/c1-2-8-30-21(29)25-14-5-3-4-13(9-14)10-18-19(28)6-7-27(26-18)15-11-16(22)20(24)17(23)12-15/h3-7,9,11-12H,2,8,10H2,1H3,(H,25,29). The molecule has 0 spiro atoms. The van der Waals surface area contributed by atoms with Crippen molar-refractivity contribution in [3.63, 3.8) is 0 Å². The fourth-order valence-corrected chi connectivity index (χ4v) is 2.69. The van der Waals surface area contributed by atoms with Gasteiger partial charge in [-0.3, -0.25) is 10.1 Å². The summed E-state index contributed by atoms with van der Waals surface area (Å²) in [6.45, 7) is 2.17. The first-order valence-electron chi connectivity index (χ1n) is 9.14. The number of rotatable bonds is 6. The fourth-order valence-electron chi connectivity index (χ4n) is 2.69. The first-order valence-corrected chi connectivity index (χ1v) is 9.14. The summed E-state index contributed by atoms with van der Waals surface area (Å²) in [6.07, 6.45) is 1.45. The Morgan fingerprint density at radius 3 is 2.57 bits per heavy atom. The number of carbonyl (C=O) groups excluding carboxylic acids is 1. The molecule has 6 nitrogen and oxygen atoms in total. The zero-order valence-corrected chi connectivity index (χ0v) is 16.0. The van der Waals surface area contributed by atoms with Crippen molar-refractivity contribution in [2.24, 2.45) is 0 Å². The highest BCUT2D eigenvalue weighted by Crippen LogP contribution is 2.17. The highest BCUT2D eigenvalue weighted by Gasteiger charge is 2.13. The summed E-state index contributed by atoms with van der Waals surface area (Å²) in [5.41, 5.74) is 0.805. The number of halogens is 3. The minimum Gasteiger partial charge on any atom is -0.449 e. The van der Waals surface area contributed by atoms with Crippen LogP contribution in [0, 0.1) is 17.5 Å². The van der Waals surface area contributed by atoms with E-state index in [2.05, 4.69) is 10.4 Å². The summed E-state index contributed by atoms with van der Waals surface area (Å²) in [5.74, 6) is -4.30. The van der Waals surface area contributed by atoms with Gasteiger partial charge >= 0.3 is 6.09 Å². The highest BCUT2D eigenvalue weighted by molar-refractivity contribution is 5.84. The summed E-state index contributed by atoms with van der Waals surface area (Å²) < 4.78 is 46.3. The number of ether oxygens (including phenoxy) is 1. The van der Waals surface area contributed by atoms with Crippen molar-refractivity contribution < 1.29 is 22.7 Å². The van der Waals surface area contributed by atoms with Crippen LogP contribution in [0.25, 0.3) is 5.69 Å². The van der Waals surface area contributed by atoms with Gasteiger partial charge in [-0.05, 0) is 24.1 Å². The molecule has 156 valence electrons. The first-order chi connectivity index (χ1) is 14.4. The Bertz CT molecular complexity index is 1110. The number of aromatic nitrogens is 2. The van der Waals surface area contributed by atoms with Crippen molar-refractivity contribution >= 4 is 11.8 Å². The fraction of sp³-hybridized carbons (Fsp3) is 0.190. The second-order valence-electron chi connectivity index (χ2n) is 6.43. The highest BCUT2D eigenvalue weighted by atomic mass is 19.2. The van der Waals surface area contributed by atoms with E-state index in [1.54, 1.807) is 24.3 Å². The van der Waals surface area contributed by atoms with Crippen LogP contribution in [-0.4, -0.2) is 22.5 Å². The predicted molar refractivity (Wildman–Crippen MR) is 104 cm³/mol. The molecule has 1 aromatic heterocycles. The second kappa shape index (κ2) is 9.25. The first kappa shape index (κ1) is 21.1. The van der Waals surface area contributed by atoms with Crippen LogP contribution in [0.15, 0.2) is 53.5 Å². The van der Waals surface area contributed by atoms with Gasteiger partial charge in [0.25, 0.3) is 0 Å². The van der Waals surface area contributed by atoms with Gasteiger partial charge in [0.1, 0.15) is 5.69 Å². The van der Waals surface area contributed by atoms with E-state index >= 15 is 0 Å². The molecule has 30 heavy (non-hydrogen) atoms. The molecule has 0 fully saturated rings. The summed E-state index contributed by atoms with van der Waals surface area (Å²) in [7, 11) is 0. The molecule has 0 saturated heterocycles. The molecule has 1 amide bonds. The molecule has 0 atom stereocenters. The van der Waals surface area contributed by atoms with Crippen molar-refractivity contribution in [1.29, 1.82) is 0 Å². The average Bonchev–Trinajstić information content (AvgIpc) is 2.72. The summed E-state index contributed by atoms with van der Waals surface area (Å²) in [6, 6.07) is 9.51. The monoisotopic (exact) mass is 417 g/mol. The molecule has 2 aromatic carbocycles. The average molecular weight is 417 g/mol. The van der Waals surface area contributed by atoms with Crippen LogP contribution in [0.5, 0.6) is 0 Å². The van der Waals surface area contributed by atoms with E-state index in [1.807, 2.05) is 6.92 Å². The summed E-state index contributed by atoms with van der Waals surface area (Å²) in [5, 5.41) is 6.71. The molecule has 0 aliphatic carbocycles. The van der Waals surface area contributed by atoms with Gasteiger partial charge in [0.2, 0.25) is 5.43 Å². The van der Waals surface area contributed by atoms with Gasteiger partial charge in [-0.25, -0.2) is 22.6 Å². The topological polar surface area (TPSA) is 73.2 Å². The molecular weight excluding hydrogens is 399 g/mol. The lowest BCUT2D eigenvalue weighted by atomic mass is 10.1. The zero-order valence-electron chi connectivity index (χ0n) is 16.0. The number of anilines is 1. The molecule has 1 N–H and O–H groups in total. The van der Waals surface area contributed by atoms with Crippen molar-refractivity contribution in [3.05, 3.63) is 87.6 Å². The molecule has 3 rings (SSSR count). The normalized spacial score (nSPS) is 10.7. The molecule has 0 aliphatic rings. The van der Waals surface area contributed by atoms with E-state index in [-0.39, 0.29) is 23.2 Å². The maximum absolute atomic E-state index is 13.5. The number of nitrogens with zero attached hydrogens (tertiary/aromatic N) is 2. The Hall–Kier alpha value is -3.62. The van der Waals surface area contributed by atoms with E-state index in [0.717, 1.165) is 16.8 Å². The van der Waals surface area contributed by atoms with Crippen LogP contribution < -0.4 is 10.7 Å². The molecule has 1 heterocycles. The maximum Gasteiger partial charge on any atom is 0.411 e. The van der Waals surface area contributed by atoms with Crippen molar-refractivity contribution in [1.82, 2.24) is 9.78 Å². The van der Waals surface area contributed by atoms with Crippen LogP contribution in [0.4, 0.5) is 23.7 Å². The number of amides is 1. The van der Waals surface area contributed by atoms with Crippen LogP contribution >= 0.6 is 0 Å². The Morgan fingerprint density at radius 2 is 1.87 bits per heavy atom. The molecule has 9 heteroatoms. The zero-order chi connectivity index (χ0) is 21.7. The van der Waals surface area contributed by atoms with Gasteiger partial charge in [0.05, 0.1) is 12.3 Å². The third-order valence-corrected chi connectivity index (χ3v) is 4.10. The van der Waals surface area contributed by atoms with E-state index in [1.165, 1.54) is 12.3 Å². The Kier molecular flexibility index (Phi) is 6.51. The minimum absolute atomic E-state index is 0.0678. The van der Waals surface area contributed by atoms with Crippen LogP contribution in [0.2, 0.25) is 0 Å². The summed E-state index contributed by atoms with van der Waals surface area (Å²) in [4.78, 5) is 23.9. The van der Waals surface area contributed by atoms with Gasteiger partial charge in [0.15, 0.2) is 17.5 Å². The molecule has 0 aliphatic heterocycles. The second-order valence-corrected chi connectivity index (χ2v) is 6.43. The van der Waals surface area contributed by atoms with Crippen molar-refractivity contribution in [3.8, 4) is 5.69 Å². The van der Waals surface area contributed by atoms with Crippen LogP contribution in [0.1, 0.15) is 24.6 Å². The molecule has 0 unspecified atom stereocenters. The lowest BCUT2D eigenvalue weighted by Crippen LogP contribution is -2.17. The van der Waals surface area contributed by atoms with E-state index in [4.69, 9.17) is 4.74 Å². The number of hydrogen-bond acceptors (Lipinski definition) is 4. The third kappa shape index (κ3) is 5.05. The lowest BCUT2D eigenvalue weighted by molar-refractivity contribution is 0.161. The molecular formula is C21H18F3N3O3. The van der Waals surface area contributed by atoms with Gasteiger partial charge < -0.3 is 4.74 Å². The minimum atomic E-state index is -1.58. The largest absolute Gasteiger partial charge is 0.449 e. The van der Waals surface area contributed by atoms with E-state index < -0.39 is 23.5 Å². The third-order valence-electron chi connectivity index (χ3n) is 4.10. The lowest BCUT2D eigenvalue weighted by Gasteiger charge is -2.10. The Balaban J connectivity index is 1.84. The molecule has 0 bridgehead atoms. The maximum atomic E-state index is 13.5. The molecule has 3 aromatic rings. The van der Waals surface area contributed by atoms with E-state index in [0.29, 0.717) is 24.3 Å². The summed E-state index contributed by atoms with van der Waals surface area (Å²) >= 11 is 0. The molecule has 0 radical (unpaired) electrons. The van der Waals surface area contributed by atoms with Gasteiger partial charge in [-0.2, -0.15) is 5.10 Å². The quantitative estimate of drug-likeness (QED) is 0.610. The number of hydrogen-bond donors (Lipinski definition) is 1. The van der Waals surface area contributed by atoms with Gasteiger partial charge in [0, 0.05) is 36.5 Å². The smallest absolute Gasteiger partial charge is 0.411 e. The number of carbonyl (C=O) groups is 1. The van der Waals surface area contributed by atoms with E-state index in [9.17, 15) is 22.8 Å². The SMILES string of the molecule is CCCOC(=O)Nc1cccc(Cc2nn(-c3cc(F)c(F)c(F)c3)ccc2=O)c1. The van der Waals surface area contributed by atoms with Crippen LogP contribution in [-0.2, 0) is 11.2 Å². The van der Waals surface area contributed by atoms with Crippen LogP contribution in [0.3, 0.4) is 0 Å². The predicted octanol–water partition coefficient (Wildman–Crippen LogP) is 4.20. The van der Waals surface area contributed by atoms with Crippen molar-refractivity contribution in [2.45, 2.75) is 19.8 Å². The van der Waals surface area contributed by atoms with Gasteiger partial charge in [-0.1, -0.05) is 19.1 Å². The molecule has 0 saturated carbocycles. The van der Waals surface area contributed by atoms with Crippen molar-refractivity contribution in [2.75, 3.05) is 11.9 Å². The number of benzene rings is 2. The Labute approximate surface area is 169 Å².